The van der Waals surface area contributed by atoms with Crippen LogP contribution in [-0.2, 0) is 6.42 Å². The third kappa shape index (κ3) is 13.2. The van der Waals surface area contributed by atoms with Gasteiger partial charge in [-0.2, -0.15) is 0 Å². The Balaban J connectivity index is 2.18. The van der Waals surface area contributed by atoms with Gasteiger partial charge in [-0.1, -0.05) is 167 Å². The SMILES string of the molecule is C\C=C/C(/C=C(C)/C=C(\C=C(C)C)Cc1cc(-c2c(C(C)C)cc(C(C)C)cc2C(C)C)cc(C)c1C)=C(\C)N(CC)C(C)/C=C(\C)c1c(C(C)C)cc(C(C)C)cc1C(C)C. The lowest BCUT2D eigenvalue weighted by atomic mass is 9.80. The van der Waals surface area contributed by atoms with Gasteiger partial charge in [-0.15, -0.1) is 0 Å². The van der Waals surface area contributed by atoms with Gasteiger partial charge in [0.05, 0.1) is 0 Å². The minimum Gasteiger partial charge on any atom is -0.369 e. The van der Waals surface area contributed by atoms with Crippen LogP contribution in [0.15, 0.2) is 101 Å². The summed E-state index contributed by atoms with van der Waals surface area (Å²) < 4.78 is 0. The molecule has 3 rings (SSSR count). The van der Waals surface area contributed by atoms with E-state index in [0.717, 1.165) is 13.0 Å². The van der Waals surface area contributed by atoms with Gasteiger partial charge in [0.2, 0.25) is 0 Å². The first-order valence-corrected chi connectivity index (χ1v) is 24.2. The monoisotopic (exact) mass is 836 g/mol. The van der Waals surface area contributed by atoms with E-state index in [1.54, 1.807) is 0 Å². The first-order chi connectivity index (χ1) is 28.9. The van der Waals surface area contributed by atoms with Crippen LogP contribution in [0, 0.1) is 13.8 Å². The van der Waals surface area contributed by atoms with Crippen LogP contribution >= 0.6 is 0 Å². The number of benzene rings is 3. The Morgan fingerprint density at radius 1 is 0.597 bits per heavy atom. The van der Waals surface area contributed by atoms with Crippen molar-refractivity contribution in [2.75, 3.05) is 6.54 Å². The van der Waals surface area contributed by atoms with E-state index >= 15 is 0 Å². The van der Waals surface area contributed by atoms with E-state index in [-0.39, 0.29) is 6.04 Å². The molecule has 1 unspecified atom stereocenters. The van der Waals surface area contributed by atoms with Crippen LogP contribution in [0.1, 0.15) is 230 Å². The molecule has 0 N–H and O–H groups in total. The van der Waals surface area contributed by atoms with Crippen molar-refractivity contribution in [3.8, 4) is 11.1 Å². The van der Waals surface area contributed by atoms with Crippen LogP contribution < -0.4 is 0 Å². The van der Waals surface area contributed by atoms with Crippen molar-refractivity contribution in [1.82, 2.24) is 4.90 Å². The maximum Gasteiger partial charge on any atom is 0.0447 e. The first kappa shape index (κ1) is 52.2. The highest BCUT2D eigenvalue weighted by Gasteiger charge is 2.22. The van der Waals surface area contributed by atoms with Crippen LogP contribution in [0.25, 0.3) is 16.7 Å². The molecule has 0 bridgehead atoms. The summed E-state index contributed by atoms with van der Waals surface area (Å²) in [7, 11) is 0. The Kier molecular flexibility index (Phi) is 19.4. The van der Waals surface area contributed by atoms with Gasteiger partial charge in [0.15, 0.2) is 0 Å². The lowest BCUT2D eigenvalue weighted by molar-refractivity contribution is 0.322. The van der Waals surface area contributed by atoms with Gasteiger partial charge in [-0.25, -0.2) is 0 Å². The zero-order valence-corrected chi connectivity index (χ0v) is 43.8. The van der Waals surface area contributed by atoms with Crippen molar-refractivity contribution in [3.63, 3.8) is 0 Å². The molecule has 0 amide bonds. The summed E-state index contributed by atoms with van der Waals surface area (Å²) in [4.78, 5) is 2.57. The fraction of sp³-hybridized carbons (Fsp3) is 0.508. The topological polar surface area (TPSA) is 3.24 Å². The smallest absolute Gasteiger partial charge is 0.0447 e. The second-order valence-corrected chi connectivity index (χ2v) is 20.6. The molecule has 3 aromatic carbocycles. The molecule has 3 aromatic rings. The van der Waals surface area contributed by atoms with Crippen LogP contribution in [0.2, 0.25) is 0 Å². The molecule has 338 valence electrons. The van der Waals surface area contributed by atoms with Gasteiger partial charge >= 0.3 is 0 Å². The number of hydrogen-bond donors (Lipinski definition) is 0. The minimum atomic E-state index is 0.225. The molecule has 0 saturated carbocycles. The number of hydrogen-bond acceptors (Lipinski definition) is 1. The second-order valence-electron chi connectivity index (χ2n) is 20.6. The summed E-state index contributed by atoms with van der Waals surface area (Å²) in [6, 6.07) is 15.1. The minimum absolute atomic E-state index is 0.225. The molecule has 0 radical (unpaired) electrons. The molecule has 0 spiro atoms. The van der Waals surface area contributed by atoms with Gasteiger partial charge in [0.25, 0.3) is 0 Å². The summed E-state index contributed by atoms with van der Waals surface area (Å²) >= 11 is 0. The molecule has 0 heterocycles. The highest BCUT2D eigenvalue weighted by atomic mass is 15.2. The maximum absolute atomic E-state index is 2.57. The number of rotatable bonds is 18. The van der Waals surface area contributed by atoms with Crippen LogP contribution in [0.4, 0.5) is 0 Å². The molecular formula is C61H89N. The third-order valence-electron chi connectivity index (χ3n) is 12.9. The number of nitrogens with zero attached hydrogens (tertiary/aromatic N) is 1. The van der Waals surface area contributed by atoms with Crippen molar-refractivity contribution in [1.29, 1.82) is 0 Å². The Hall–Kier alpha value is -4.10. The number of likely N-dealkylation sites (N-methyl/N-ethyl adjacent to an activating group) is 1. The second kappa shape index (κ2) is 23.0. The molecule has 0 aromatic heterocycles. The van der Waals surface area contributed by atoms with E-state index in [9.17, 15) is 0 Å². The van der Waals surface area contributed by atoms with E-state index in [2.05, 4.69) is 230 Å². The van der Waals surface area contributed by atoms with Crippen LogP contribution in [0.3, 0.4) is 0 Å². The maximum atomic E-state index is 2.57. The van der Waals surface area contributed by atoms with Crippen molar-refractivity contribution >= 4 is 5.57 Å². The predicted molar refractivity (Wildman–Crippen MR) is 280 cm³/mol. The highest BCUT2D eigenvalue weighted by Crippen LogP contribution is 2.41. The molecule has 0 aliphatic heterocycles. The van der Waals surface area contributed by atoms with E-state index in [1.807, 2.05) is 0 Å². The molecular weight excluding hydrogens is 747 g/mol. The van der Waals surface area contributed by atoms with E-state index in [1.165, 1.54) is 100 Å². The summed E-state index contributed by atoms with van der Waals surface area (Å²) in [5.74, 6) is 2.79. The van der Waals surface area contributed by atoms with Crippen LogP contribution in [-0.4, -0.2) is 17.5 Å². The van der Waals surface area contributed by atoms with Crippen molar-refractivity contribution < 1.29 is 0 Å². The van der Waals surface area contributed by atoms with E-state index in [4.69, 9.17) is 0 Å². The number of aryl methyl sites for hydroxylation is 1. The molecule has 0 fully saturated rings. The van der Waals surface area contributed by atoms with Crippen molar-refractivity contribution in [2.45, 2.75) is 200 Å². The van der Waals surface area contributed by atoms with Crippen LogP contribution in [0.5, 0.6) is 0 Å². The Bertz CT molecular complexity index is 2130. The van der Waals surface area contributed by atoms with Gasteiger partial charge in [-0.3, -0.25) is 0 Å². The van der Waals surface area contributed by atoms with E-state index < -0.39 is 0 Å². The first-order valence-electron chi connectivity index (χ1n) is 24.2. The summed E-state index contributed by atoms with van der Waals surface area (Å²) in [6.45, 7) is 51.8. The molecule has 1 heteroatoms. The molecule has 1 nitrogen and oxygen atoms in total. The number of allylic oxidation sites excluding steroid dienone is 11. The molecule has 62 heavy (non-hydrogen) atoms. The Labute approximate surface area is 383 Å². The standard InChI is InChI=1S/C61H89N/c1-23-25-51(49(22)62(24-2)47(20)29-46(19)60-56(40(9)10)33-52(38(5)6)34-57(60)41(11)12)28-44(17)27-50(26-37(3)4)31-54-32-55(30-45(18)48(54)21)61-58(42(13)14)35-53(39(7)8)36-59(61)43(15)16/h23,25-30,32-36,38-43,47H,24,31H2,1-22H3/b25-23-,44-28+,46-29+,50-27+,51-49-. The molecule has 0 saturated heterocycles. The summed E-state index contributed by atoms with van der Waals surface area (Å²) in [6.07, 6.45) is 15.1. The third-order valence-corrected chi connectivity index (χ3v) is 12.9. The lowest BCUT2D eigenvalue weighted by Gasteiger charge is -2.31. The van der Waals surface area contributed by atoms with Gasteiger partial charge < -0.3 is 4.90 Å². The van der Waals surface area contributed by atoms with Crippen molar-refractivity contribution in [3.05, 3.63) is 156 Å². The van der Waals surface area contributed by atoms with Gasteiger partial charge in [0.1, 0.15) is 0 Å². The normalized spacial score (nSPS) is 14.1. The quantitative estimate of drug-likeness (QED) is 0.115. The zero-order valence-electron chi connectivity index (χ0n) is 43.8. The molecule has 1 atom stereocenters. The predicted octanol–water partition coefficient (Wildman–Crippen LogP) is 18.8. The van der Waals surface area contributed by atoms with E-state index in [0.29, 0.717) is 35.5 Å². The Morgan fingerprint density at radius 2 is 1.08 bits per heavy atom. The fourth-order valence-electron chi connectivity index (χ4n) is 9.26. The Morgan fingerprint density at radius 3 is 1.50 bits per heavy atom. The van der Waals surface area contributed by atoms with Crippen molar-refractivity contribution in [2.24, 2.45) is 0 Å². The average Bonchev–Trinajstić information content (AvgIpc) is 3.17. The largest absolute Gasteiger partial charge is 0.369 e. The average molecular weight is 836 g/mol. The summed E-state index contributed by atoms with van der Waals surface area (Å²) in [5.41, 5.74) is 25.0. The zero-order chi connectivity index (χ0) is 46.9. The molecule has 0 aliphatic carbocycles. The van der Waals surface area contributed by atoms with Gasteiger partial charge in [-0.05, 0) is 195 Å². The molecule has 0 aliphatic rings. The summed E-state index contributed by atoms with van der Waals surface area (Å²) in [5, 5.41) is 0. The lowest BCUT2D eigenvalue weighted by Crippen LogP contribution is -2.30. The van der Waals surface area contributed by atoms with Gasteiger partial charge in [0, 0.05) is 18.3 Å². The highest BCUT2D eigenvalue weighted by molar-refractivity contribution is 5.75. The fourth-order valence-corrected chi connectivity index (χ4v) is 9.26.